The Hall–Kier alpha value is -2.20. The van der Waals surface area contributed by atoms with Gasteiger partial charge in [0.05, 0.1) is 13.2 Å². The van der Waals surface area contributed by atoms with Gasteiger partial charge in [-0.05, 0) is 36.1 Å². The van der Waals surface area contributed by atoms with Crippen molar-refractivity contribution in [2.45, 2.75) is 32.2 Å². The Bertz CT molecular complexity index is 853. The number of hydrogen-bond acceptors (Lipinski definition) is 3. The molecule has 1 heterocycles. The van der Waals surface area contributed by atoms with Crippen LogP contribution in [-0.4, -0.2) is 18.8 Å². The number of aliphatic imine (C=N–C) groups is 1. The summed E-state index contributed by atoms with van der Waals surface area (Å²) in [5, 5.41) is 0.328. The molecule has 1 aliphatic rings. The van der Waals surface area contributed by atoms with Gasteiger partial charge in [0.1, 0.15) is 11.7 Å². The van der Waals surface area contributed by atoms with E-state index in [1.807, 2.05) is 37.3 Å². The summed E-state index contributed by atoms with van der Waals surface area (Å²) in [5.74, 6) is -1.48. The average Bonchev–Trinajstić information content (AvgIpc) is 2.67. The van der Waals surface area contributed by atoms with Crippen LogP contribution in [0, 0.1) is 17.7 Å². The molecule has 0 saturated carbocycles. The molecule has 4 unspecified atom stereocenters. The quantitative estimate of drug-likeness (QED) is 0.641. The van der Waals surface area contributed by atoms with Crippen molar-refractivity contribution in [3.8, 4) is 0 Å². The van der Waals surface area contributed by atoms with Crippen LogP contribution < -0.4 is 0 Å². The van der Waals surface area contributed by atoms with E-state index in [2.05, 4.69) is 6.92 Å². The van der Waals surface area contributed by atoms with Gasteiger partial charge >= 0.3 is 5.97 Å². The lowest BCUT2D eigenvalue weighted by Gasteiger charge is -2.40. The number of hydrogen-bond donors (Lipinski definition) is 0. The number of esters is 1. The summed E-state index contributed by atoms with van der Waals surface area (Å²) in [7, 11) is 1.38. The molecule has 5 heteroatoms. The molecule has 1 aliphatic heterocycles. The van der Waals surface area contributed by atoms with E-state index in [4.69, 9.17) is 21.3 Å². The van der Waals surface area contributed by atoms with E-state index in [1.54, 1.807) is 6.07 Å². The molecule has 142 valence electrons. The van der Waals surface area contributed by atoms with Gasteiger partial charge in [-0.3, -0.25) is 9.79 Å². The molecule has 0 fully saturated rings. The molecule has 0 aromatic heterocycles. The summed E-state index contributed by atoms with van der Waals surface area (Å²) in [4.78, 5) is 17.5. The first-order valence-electron chi connectivity index (χ1n) is 9.10. The zero-order valence-electron chi connectivity index (χ0n) is 15.7. The van der Waals surface area contributed by atoms with Crippen molar-refractivity contribution in [3.05, 3.63) is 70.5 Å². The van der Waals surface area contributed by atoms with Gasteiger partial charge in [0, 0.05) is 16.7 Å². The summed E-state index contributed by atoms with van der Waals surface area (Å²) in [6, 6.07) is 14.3. The molecule has 0 saturated heterocycles. The van der Waals surface area contributed by atoms with E-state index >= 15 is 0 Å². The Morgan fingerprint density at radius 3 is 2.52 bits per heavy atom. The van der Waals surface area contributed by atoms with Gasteiger partial charge in [0.2, 0.25) is 0 Å². The van der Waals surface area contributed by atoms with Crippen molar-refractivity contribution in [2.75, 3.05) is 7.11 Å². The Kier molecular flexibility index (Phi) is 5.95. The normalized spacial score (nSPS) is 25.0. The third-order valence-electron chi connectivity index (χ3n) is 5.41. The van der Waals surface area contributed by atoms with Crippen LogP contribution >= 0.6 is 11.6 Å². The fourth-order valence-corrected chi connectivity index (χ4v) is 4.47. The van der Waals surface area contributed by atoms with Gasteiger partial charge in [0.15, 0.2) is 0 Å². The van der Waals surface area contributed by atoms with E-state index in [9.17, 15) is 9.18 Å². The third-order valence-corrected chi connectivity index (χ3v) is 5.74. The van der Waals surface area contributed by atoms with Crippen molar-refractivity contribution < 1.29 is 13.9 Å². The number of ether oxygens (including phenoxy) is 1. The van der Waals surface area contributed by atoms with Crippen LogP contribution in [0.2, 0.25) is 5.02 Å². The maximum atomic E-state index is 13.6. The molecule has 3 nitrogen and oxygen atoms in total. The first-order valence-corrected chi connectivity index (χ1v) is 9.47. The lowest BCUT2D eigenvalue weighted by atomic mass is 9.67. The van der Waals surface area contributed by atoms with E-state index in [0.29, 0.717) is 10.7 Å². The predicted octanol–water partition coefficient (Wildman–Crippen LogP) is 5.59. The van der Waals surface area contributed by atoms with Crippen LogP contribution in [0.3, 0.4) is 0 Å². The summed E-state index contributed by atoms with van der Waals surface area (Å²) in [5.41, 5.74) is 2.57. The molecule has 4 atom stereocenters. The average molecular weight is 388 g/mol. The summed E-state index contributed by atoms with van der Waals surface area (Å²) in [6.07, 6.45) is 0.794. The number of carbonyl (C=O) groups is 1. The Balaban J connectivity index is 2.18. The van der Waals surface area contributed by atoms with Crippen LogP contribution in [0.4, 0.5) is 4.39 Å². The fraction of sp³-hybridized carbons (Fsp3) is 0.364. The van der Waals surface area contributed by atoms with E-state index in [1.165, 1.54) is 19.2 Å². The highest BCUT2D eigenvalue weighted by Crippen LogP contribution is 2.49. The van der Waals surface area contributed by atoms with Crippen molar-refractivity contribution >= 4 is 23.3 Å². The molecular formula is C22H23ClFNO2. The Morgan fingerprint density at radius 1 is 1.22 bits per heavy atom. The highest BCUT2D eigenvalue weighted by atomic mass is 35.5. The molecule has 0 aliphatic carbocycles. The van der Waals surface area contributed by atoms with E-state index in [-0.39, 0.29) is 23.8 Å². The molecule has 2 aromatic carbocycles. The summed E-state index contributed by atoms with van der Waals surface area (Å²) in [6.45, 7) is 3.93. The van der Waals surface area contributed by atoms with Gasteiger partial charge < -0.3 is 4.74 Å². The van der Waals surface area contributed by atoms with Gasteiger partial charge in [-0.1, -0.05) is 61.3 Å². The predicted molar refractivity (Wildman–Crippen MR) is 106 cm³/mol. The fourth-order valence-electron chi connectivity index (χ4n) is 4.17. The van der Waals surface area contributed by atoms with Crippen LogP contribution in [-0.2, 0) is 9.53 Å². The highest BCUT2D eigenvalue weighted by Gasteiger charge is 2.45. The standard InChI is InChI=1S/C22H23ClFNO2/c1-4-16-20(17-11-10-15(24)12-18(17)23)19(22(26)27-3)13(2)25-21(16)14-8-6-5-7-9-14/h5-12,16,19-21H,4H2,1-3H3. The van der Waals surface area contributed by atoms with Gasteiger partial charge in [0.25, 0.3) is 0 Å². The molecule has 0 bridgehead atoms. The summed E-state index contributed by atoms with van der Waals surface area (Å²) >= 11 is 6.41. The minimum atomic E-state index is -0.539. The molecule has 3 rings (SSSR count). The van der Waals surface area contributed by atoms with Gasteiger partial charge in [-0.25, -0.2) is 4.39 Å². The Labute approximate surface area is 164 Å². The van der Waals surface area contributed by atoms with Crippen LogP contribution in [0.1, 0.15) is 43.4 Å². The molecule has 0 spiro atoms. The zero-order chi connectivity index (χ0) is 19.6. The minimum absolute atomic E-state index is 0.0307. The van der Waals surface area contributed by atoms with Crippen molar-refractivity contribution in [2.24, 2.45) is 16.8 Å². The molecule has 0 radical (unpaired) electrons. The second-order valence-electron chi connectivity index (χ2n) is 6.89. The topological polar surface area (TPSA) is 38.7 Å². The third kappa shape index (κ3) is 3.77. The number of carbonyl (C=O) groups excluding carboxylic acids is 1. The van der Waals surface area contributed by atoms with E-state index < -0.39 is 11.7 Å². The van der Waals surface area contributed by atoms with Gasteiger partial charge in [-0.15, -0.1) is 0 Å². The molecule has 0 amide bonds. The lowest BCUT2D eigenvalue weighted by molar-refractivity contribution is -0.144. The van der Waals surface area contributed by atoms with Crippen LogP contribution in [0.15, 0.2) is 53.5 Å². The number of rotatable bonds is 4. The van der Waals surface area contributed by atoms with Crippen LogP contribution in [0.25, 0.3) is 0 Å². The summed E-state index contributed by atoms with van der Waals surface area (Å²) < 4.78 is 18.7. The highest BCUT2D eigenvalue weighted by molar-refractivity contribution is 6.31. The van der Waals surface area contributed by atoms with Crippen molar-refractivity contribution in [3.63, 3.8) is 0 Å². The second kappa shape index (κ2) is 8.22. The number of benzene rings is 2. The zero-order valence-corrected chi connectivity index (χ0v) is 16.4. The van der Waals surface area contributed by atoms with Gasteiger partial charge in [-0.2, -0.15) is 0 Å². The second-order valence-corrected chi connectivity index (χ2v) is 7.30. The largest absolute Gasteiger partial charge is 0.468 e. The first kappa shape index (κ1) is 19.6. The molecular weight excluding hydrogens is 365 g/mol. The monoisotopic (exact) mass is 387 g/mol. The maximum Gasteiger partial charge on any atom is 0.315 e. The van der Waals surface area contributed by atoms with E-state index in [0.717, 1.165) is 17.5 Å². The molecule has 27 heavy (non-hydrogen) atoms. The van der Waals surface area contributed by atoms with Crippen LogP contribution in [0.5, 0.6) is 0 Å². The molecule has 2 aromatic rings. The number of methoxy groups -OCH3 is 1. The first-order chi connectivity index (χ1) is 13.0. The smallest absolute Gasteiger partial charge is 0.315 e. The van der Waals surface area contributed by atoms with Crippen molar-refractivity contribution in [1.29, 1.82) is 0 Å². The lowest BCUT2D eigenvalue weighted by Crippen LogP contribution is -2.40. The van der Waals surface area contributed by atoms with Crippen molar-refractivity contribution in [1.82, 2.24) is 0 Å². The maximum absolute atomic E-state index is 13.6. The minimum Gasteiger partial charge on any atom is -0.468 e. The number of nitrogens with zero attached hydrogens (tertiary/aromatic N) is 1. The number of halogens is 2. The Morgan fingerprint density at radius 2 is 1.93 bits per heavy atom. The molecule has 0 N–H and O–H groups in total. The SMILES string of the molecule is CCC1C(c2ccccc2)N=C(C)C(C(=O)OC)C1c1ccc(F)cc1Cl.